The van der Waals surface area contributed by atoms with Crippen molar-refractivity contribution in [2.45, 2.75) is 86.6 Å². The van der Waals surface area contributed by atoms with Gasteiger partial charge in [0.15, 0.2) is 22.3 Å². The number of alkyl halides is 5. The number of carbonyl (C=O) groups excluding carboxylic acids is 4. The van der Waals surface area contributed by atoms with Gasteiger partial charge in [0.2, 0.25) is 0 Å². The van der Waals surface area contributed by atoms with Crippen molar-refractivity contribution in [2.75, 3.05) is 13.2 Å². The molecule has 45 heavy (non-hydrogen) atoms. The molecule has 19 heteroatoms. The van der Waals surface area contributed by atoms with Crippen LogP contribution in [0.2, 0.25) is 0 Å². The van der Waals surface area contributed by atoms with Crippen molar-refractivity contribution in [3.05, 3.63) is 0 Å². The van der Waals surface area contributed by atoms with Crippen LogP contribution in [0.1, 0.15) is 39.0 Å². The molecule has 0 N–H and O–H groups in total. The van der Waals surface area contributed by atoms with Crippen LogP contribution in [0, 0.1) is 35.5 Å². The molecule has 0 aromatic rings. The minimum Gasteiger partial charge on any atom is -0.743 e. The molecule has 252 valence electrons. The molecular formula is C26H28F5O13S-. The van der Waals surface area contributed by atoms with Crippen molar-refractivity contribution < 1.29 is 82.5 Å². The first-order valence-corrected chi connectivity index (χ1v) is 15.7. The Morgan fingerprint density at radius 3 is 2.09 bits per heavy atom. The highest BCUT2D eigenvalue weighted by atomic mass is 32.2. The number of carbonyl (C=O) groups is 4. The van der Waals surface area contributed by atoms with Crippen molar-refractivity contribution in [3.8, 4) is 0 Å². The Balaban J connectivity index is 1.05. The SMILES string of the molecule is CC1(OC(=O)C2C3OC4C(OC(=O)C42)C3OC(=O)COCC(=O)OC(C(F)(F)F)C(F)(F)S(=O)(=O)[O-])C2CC3CC(C2)CC1C3. The lowest BCUT2D eigenvalue weighted by atomic mass is 9.50. The smallest absolute Gasteiger partial charge is 0.432 e. The van der Waals surface area contributed by atoms with Gasteiger partial charge in [0.25, 0.3) is 6.10 Å². The van der Waals surface area contributed by atoms with Crippen LogP contribution in [0.15, 0.2) is 0 Å². The number of hydrogen-bond acceptors (Lipinski definition) is 13. The maximum Gasteiger partial charge on any atom is 0.432 e. The van der Waals surface area contributed by atoms with E-state index >= 15 is 0 Å². The third-order valence-corrected chi connectivity index (χ3v) is 11.0. The summed E-state index contributed by atoms with van der Waals surface area (Å²) < 4.78 is 128. The van der Waals surface area contributed by atoms with Crippen LogP contribution < -0.4 is 0 Å². The zero-order valence-corrected chi connectivity index (χ0v) is 24.2. The molecule has 7 atom stereocenters. The van der Waals surface area contributed by atoms with Gasteiger partial charge in [-0.3, -0.25) is 9.59 Å². The van der Waals surface area contributed by atoms with Gasteiger partial charge in [-0.15, -0.1) is 0 Å². The van der Waals surface area contributed by atoms with Gasteiger partial charge >= 0.3 is 35.3 Å². The first-order chi connectivity index (χ1) is 20.8. The fourth-order valence-electron chi connectivity index (χ4n) is 8.34. The van der Waals surface area contributed by atoms with Gasteiger partial charge in [-0.1, -0.05) is 0 Å². The molecule has 6 bridgehead atoms. The lowest BCUT2D eigenvalue weighted by Crippen LogP contribution is -2.59. The maximum atomic E-state index is 13.6. The van der Waals surface area contributed by atoms with E-state index in [0.717, 1.165) is 25.7 Å². The maximum absolute atomic E-state index is 13.6. The quantitative estimate of drug-likeness (QED) is 0.140. The van der Waals surface area contributed by atoms with Crippen LogP contribution in [0.25, 0.3) is 0 Å². The number of rotatable bonds is 10. The first-order valence-electron chi connectivity index (χ1n) is 14.3. The van der Waals surface area contributed by atoms with E-state index in [2.05, 4.69) is 9.47 Å². The molecule has 0 aromatic carbocycles. The van der Waals surface area contributed by atoms with Gasteiger partial charge in [0, 0.05) is 0 Å². The summed E-state index contributed by atoms with van der Waals surface area (Å²) in [5, 5.41) is -6.05. The van der Waals surface area contributed by atoms with E-state index in [0.29, 0.717) is 11.8 Å². The molecule has 3 aliphatic heterocycles. The fraction of sp³-hybridized carbons (Fsp3) is 0.846. The van der Waals surface area contributed by atoms with Crippen molar-refractivity contribution >= 4 is 34.0 Å². The highest BCUT2D eigenvalue weighted by Gasteiger charge is 2.73. The van der Waals surface area contributed by atoms with Crippen LogP contribution in [-0.2, 0) is 57.7 Å². The summed E-state index contributed by atoms with van der Waals surface area (Å²) in [6, 6.07) is 0. The summed E-state index contributed by atoms with van der Waals surface area (Å²) in [6.07, 6.45) is -10.3. The van der Waals surface area contributed by atoms with Crippen molar-refractivity contribution in [1.82, 2.24) is 0 Å². The van der Waals surface area contributed by atoms with Gasteiger partial charge in [-0.05, 0) is 62.7 Å². The molecule has 4 saturated carbocycles. The standard InChI is InChI=1S/C26H29F5O13S/c1-24(11-3-9-2-10(5-11)6-12(24)4-9)44-22(35)16-15-17-20(43-21(15)34)19(18(16)42-17)40-13(32)7-39-8-14(33)41-23(25(27,28)29)26(30,31)45(36,37)38/h9-12,15-20,23H,2-8H2,1H3,(H,36,37,38)/p-1. The summed E-state index contributed by atoms with van der Waals surface area (Å²) in [5.74, 6) is -5.42. The van der Waals surface area contributed by atoms with Crippen LogP contribution in [0.5, 0.6) is 0 Å². The minimum atomic E-state index is -6.89. The molecule has 7 unspecified atom stereocenters. The minimum absolute atomic E-state index is 0.181. The predicted molar refractivity (Wildman–Crippen MR) is 128 cm³/mol. The van der Waals surface area contributed by atoms with E-state index in [9.17, 15) is 54.1 Å². The van der Waals surface area contributed by atoms with Crippen molar-refractivity contribution in [3.63, 3.8) is 0 Å². The molecule has 7 aliphatic rings. The normalized spacial score (nSPS) is 40.3. The van der Waals surface area contributed by atoms with E-state index in [1.165, 1.54) is 6.42 Å². The molecule has 0 spiro atoms. The lowest BCUT2D eigenvalue weighted by Gasteiger charge is -2.59. The Labute approximate surface area is 252 Å². The average molecular weight is 676 g/mol. The molecule has 7 fully saturated rings. The third kappa shape index (κ3) is 5.36. The summed E-state index contributed by atoms with van der Waals surface area (Å²) in [7, 11) is -6.89. The Kier molecular flexibility index (Phi) is 7.68. The second-order valence-electron chi connectivity index (χ2n) is 12.8. The van der Waals surface area contributed by atoms with Gasteiger partial charge in [-0.2, -0.15) is 22.0 Å². The number of ether oxygens (including phenoxy) is 6. The van der Waals surface area contributed by atoms with Gasteiger partial charge in [-0.25, -0.2) is 18.0 Å². The monoisotopic (exact) mass is 675 g/mol. The van der Waals surface area contributed by atoms with Crippen LogP contribution >= 0.6 is 0 Å². The number of esters is 4. The predicted octanol–water partition coefficient (Wildman–Crippen LogP) is 1.22. The van der Waals surface area contributed by atoms with E-state index in [-0.39, 0.29) is 11.8 Å². The Morgan fingerprint density at radius 1 is 0.956 bits per heavy atom. The highest BCUT2D eigenvalue weighted by Crippen LogP contribution is 2.60. The van der Waals surface area contributed by atoms with Gasteiger partial charge in [0.05, 0.1) is 0 Å². The summed E-state index contributed by atoms with van der Waals surface area (Å²) in [4.78, 5) is 50.4. The number of fused-ring (bicyclic) bond motifs is 1. The van der Waals surface area contributed by atoms with E-state index < -0.39 is 107 Å². The molecule has 0 radical (unpaired) electrons. The molecule has 3 saturated heterocycles. The largest absolute Gasteiger partial charge is 0.743 e. The first kappa shape index (κ1) is 32.3. The molecule has 4 aliphatic carbocycles. The molecular weight excluding hydrogens is 647 g/mol. The molecule has 7 rings (SSSR count). The van der Waals surface area contributed by atoms with Gasteiger partial charge in [0.1, 0.15) is 42.9 Å². The van der Waals surface area contributed by atoms with Crippen molar-refractivity contribution in [2.24, 2.45) is 35.5 Å². The molecule has 3 heterocycles. The fourth-order valence-corrected chi connectivity index (χ4v) is 8.78. The molecule has 0 aromatic heterocycles. The summed E-state index contributed by atoms with van der Waals surface area (Å²) in [6.45, 7) is -0.791. The Hall–Kier alpha value is -2.64. The highest BCUT2D eigenvalue weighted by molar-refractivity contribution is 7.86. The second-order valence-corrected chi connectivity index (χ2v) is 14.3. The Bertz CT molecular complexity index is 1360. The van der Waals surface area contributed by atoms with Crippen LogP contribution in [-0.4, -0.2) is 97.6 Å². The van der Waals surface area contributed by atoms with Gasteiger partial charge < -0.3 is 33.0 Å². The number of hydrogen-bond donors (Lipinski definition) is 0. The molecule has 13 nitrogen and oxygen atoms in total. The zero-order valence-electron chi connectivity index (χ0n) is 23.4. The summed E-state index contributed by atoms with van der Waals surface area (Å²) in [5.41, 5.74) is -0.726. The van der Waals surface area contributed by atoms with E-state index in [4.69, 9.17) is 18.9 Å². The number of halogens is 5. The molecule has 0 amide bonds. The zero-order chi connectivity index (χ0) is 32.9. The summed E-state index contributed by atoms with van der Waals surface area (Å²) >= 11 is 0. The van der Waals surface area contributed by atoms with Crippen LogP contribution in [0.3, 0.4) is 0 Å². The lowest BCUT2D eigenvalue weighted by molar-refractivity contribution is -0.260. The van der Waals surface area contributed by atoms with Crippen LogP contribution in [0.4, 0.5) is 22.0 Å². The third-order valence-electron chi connectivity index (χ3n) is 10.1. The second kappa shape index (κ2) is 10.7. The van der Waals surface area contributed by atoms with Crippen molar-refractivity contribution in [1.29, 1.82) is 0 Å². The average Bonchev–Trinajstić information content (AvgIpc) is 3.53. The van der Waals surface area contributed by atoms with E-state index in [1.54, 1.807) is 0 Å². The topological polar surface area (TPSA) is 181 Å². The Morgan fingerprint density at radius 2 is 1.53 bits per heavy atom. The van der Waals surface area contributed by atoms with E-state index in [1.807, 2.05) is 6.92 Å².